The van der Waals surface area contributed by atoms with Gasteiger partial charge in [-0.25, -0.2) is 0 Å². The maximum atomic E-state index is 2.48. The van der Waals surface area contributed by atoms with Crippen LogP contribution < -0.4 is 4.90 Å². The summed E-state index contributed by atoms with van der Waals surface area (Å²) in [6.07, 6.45) is 0. The first-order valence-corrected chi connectivity index (χ1v) is 22.0. The third-order valence-electron chi connectivity index (χ3n) is 12.3. The first-order chi connectivity index (χ1) is 29.7. The smallest absolute Gasteiger partial charge is 0.0547 e. The Morgan fingerprint density at radius 1 is 0.350 bits per heavy atom. The van der Waals surface area contributed by atoms with Crippen LogP contribution in [0.2, 0.25) is 0 Å². The van der Waals surface area contributed by atoms with Crippen molar-refractivity contribution in [1.29, 1.82) is 0 Å². The van der Waals surface area contributed by atoms with Crippen LogP contribution in [-0.2, 0) is 0 Å². The van der Waals surface area contributed by atoms with E-state index in [-0.39, 0.29) is 0 Å². The predicted molar refractivity (Wildman–Crippen MR) is 262 cm³/mol. The highest BCUT2D eigenvalue weighted by atomic mass is 32.1. The number of aromatic nitrogens is 1. The molecule has 0 amide bonds. The van der Waals surface area contributed by atoms with E-state index in [2.05, 4.69) is 216 Å². The van der Waals surface area contributed by atoms with E-state index in [4.69, 9.17) is 0 Å². The Bertz CT molecular complexity index is 3840. The lowest BCUT2D eigenvalue weighted by Gasteiger charge is -2.27. The van der Waals surface area contributed by atoms with Crippen LogP contribution in [0.3, 0.4) is 0 Å². The summed E-state index contributed by atoms with van der Waals surface area (Å²) in [5, 5.41) is 12.7. The lowest BCUT2D eigenvalue weighted by atomic mass is 10.00. The molecule has 0 N–H and O–H groups in total. The Morgan fingerprint density at radius 2 is 0.967 bits per heavy atom. The molecule has 0 unspecified atom stereocenters. The molecular formula is C56H34N2S2. The van der Waals surface area contributed by atoms with E-state index in [0.717, 1.165) is 17.1 Å². The predicted octanol–water partition coefficient (Wildman–Crippen LogP) is 17.0. The number of para-hydroxylation sites is 1. The monoisotopic (exact) mass is 798 g/mol. The number of benzene rings is 10. The summed E-state index contributed by atoms with van der Waals surface area (Å²) in [6.45, 7) is 0. The van der Waals surface area contributed by atoms with E-state index >= 15 is 0 Å². The van der Waals surface area contributed by atoms with E-state index < -0.39 is 0 Å². The fourth-order valence-corrected chi connectivity index (χ4v) is 11.9. The van der Waals surface area contributed by atoms with Gasteiger partial charge in [-0.2, -0.15) is 0 Å². The molecule has 0 saturated heterocycles. The van der Waals surface area contributed by atoms with Gasteiger partial charge in [0.15, 0.2) is 0 Å². The van der Waals surface area contributed by atoms with Crippen molar-refractivity contribution in [3.63, 3.8) is 0 Å². The highest BCUT2D eigenvalue weighted by Crippen LogP contribution is 2.46. The van der Waals surface area contributed by atoms with Crippen LogP contribution in [0, 0.1) is 0 Å². The van der Waals surface area contributed by atoms with E-state index in [1.807, 2.05) is 22.7 Å². The zero-order valence-electron chi connectivity index (χ0n) is 32.3. The summed E-state index contributed by atoms with van der Waals surface area (Å²) >= 11 is 3.75. The van der Waals surface area contributed by atoms with E-state index in [9.17, 15) is 0 Å². The minimum absolute atomic E-state index is 1.12. The average molecular weight is 799 g/mol. The van der Waals surface area contributed by atoms with Crippen LogP contribution in [0.5, 0.6) is 0 Å². The van der Waals surface area contributed by atoms with Gasteiger partial charge in [0.25, 0.3) is 0 Å². The largest absolute Gasteiger partial charge is 0.310 e. The molecule has 3 aromatic heterocycles. The number of rotatable bonds is 5. The van der Waals surface area contributed by atoms with Gasteiger partial charge in [0, 0.05) is 79.1 Å². The summed E-state index contributed by atoms with van der Waals surface area (Å²) in [4.78, 5) is 2.44. The van der Waals surface area contributed by atoms with Crippen LogP contribution in [0.1, 0.15) is 0 Å². The number of nitrogens with zero attached hydrogens (tertiary/aromatic N) is 2. The van der Waals surface area contributed by atoms with Crippen LogP contribution in [0.25, 0.3) is 101 Å². The fraction of sp³-hybridized carbons (Fsp3) is 0. The van der Waals surface area contributed by atoms with Gasteiger partial charge in [0.1, 0.15) is 0 Å². The lowest BCUT2D eigenvalue weighted by molar-refractivity contribution is 1.19. The van der Waals surface area contributed by atoms with E-state index in [1.165, 1.54) is 101 Å². The molecule has 0 aliphatic heterocycles. The number of thiophene rings is 2. The Balaban J connectivity index is 1.03. The minimum atomic E-state index is 1.12. The second-order valence-electron chi connectivity index (χ2n) is 15.7. The normalized spacial score (nSPS) is 12.0. The summed E-state index contributed by atoms with van der Waals surface area (Å²) in [5.74, 6) is 0. The van der Waals surface area contributed by atoms with Crippen LogP contribution in [0.4, 0.5) is 17.1 Å². The molecule has 3 heterocycles. The molecule has 13 rings (SSSR count). The molecule has 0 saturated carbocycles. The van der Waals surface area contributed by atoms with Crippen molar-refractivity contribution in [2.75, 3.05) is 4.90 Å². The SMILES string of the molecule is c1ccc2cc3c(cc2c1)c1ccccc1n3-c1cc(-c2ccc(N(c3ccc4sc5ccccc5c4c3)c3cccc4ccccc34)cc2)c2sc3ccccc3c2c1. The highest BCUT2D eigenvalue weighted by molar-refractivity contribution is 7.26. The summed E-state index contributed by atoms with van der Waals surface area (Å²) in [6, 6.07) is 76.3. The fourth-order valence-electron chi connectivity index (χ4n) is 9.56. The first kappa shape index (κ1) is 33.7. The van der Waals surface area contributed by atoms with Gasteiger partial charge < -0.3 is 9.47 Å². The molecule has 13 aromatic rings. The average Bonchev–Trinajstić information content (AvgIpc) is 3.98. The van der Waals surface area contributed by atoms with Gasteiger partial charge in [0.2, 0.25) is 0 Å². The van der Waals surface area contributed by atoms with Crippen molar-refractivity contribution in [2.45, 2.75) is 0 Å². The maximum Gasteiger partial charge on any atom is 0.0547 e. The number of hydrogen-bond donors (Lipinski definition) is 0. The zero-order chi connectivity index (χ0) is 39.3. The molecular weight excluding hydrogens is 765 g/mol. The Labute approximate surface area is 354 Å². The van der Waals surface area contributed by atoms with E-state index in [0.29, 0.717) is 0 Å². The molecule has 60 heavy (non-hydrogen) atoms. The summed E-state index contributed by atoms with van der Waals surface area (Å²) < 4.78 is 7.70. The van der Waals surface area contributed by atoms with Crippen molar-refractivity contribution in [3.8, 4) is 16.8 Å². The van der Waals surface area contributed by atoms with Crippen molar-refractivity contribution in [3.05, 3.63) is 206 Å². The zero-order valence-corrected chi connectivity index (χ0v) is 34.0. The van der Waals surface area contributed by atoms with Gasteiger partial charge in [-0.05, 0) is 101 Å². The summed E-state index contributed by atoms with van der Waals surface area (Å²) in [7, 11) is 0. The van der Waals surface area contributed by atoms with Gasteiger partial charge in [-0.1, -0.05) is 127 Å². The Hall–Kier alpha value is -7.24. The quantitative estimate of drug-likeness (QED) is 0.168. The molecule has 0 fully saturated rings. The van der Waals surface area contributed by atoms with Gasteiger partial charge in [-0.3, -0.25) is 0 Å². The highest BCUT2D eigenvalue weighted by Gasteiger charge is 2.20. The van der Waals surface area contributed by atoms with Crippen molar-refractivity contribution in [1.82, 2.24) is 4.57 Å². The van der Waals surface area contributed by atoms with E-state index in [1.54, 1.807) is 0 Å². The molecule has 10 aromatic carbocycles. The van der Waals surface area contributed by atoms with Crippen molar-refractivity contribution < 1.29 is 0 Å². The molecule has 0 aliphatic rings. The standard InChI is InChI=1S/C56H34N2S2/c1-2-14-38-31-52-47(30-37(38)13-1)43-17-5-8-20-51(43)58(52)41-33-46(56-49(34-41)45-19-7-10-23-54(45)60-56)36-24-26-39(27-25-36)57(50-21-11-15-35-12-3-4-16-42(35)50)40-28-29-55-48(32-40)44-18-6-9-22-53(44)59-55/h1-34H. The molecule has 0 bridgehead atoms. The Morgan fingerprint density at radius 3 is 1.78 bits per heavy atom. The number of fused-ring (bicyclic) bond motifs is 11. The van der Waals surface area contributed by atoms with Gasteiger partial charge in [0.05, 0.1) is 16.7 Å². The summed E-state index contributed by atoms with van der Waals surface area (Å²) in [5.41, 5.74) is 9.45. The molecule has 0 aliphatic carbocycles. The van der Waals surface area contributed by atoms with Crippen molar-refractivity contribution >= 4 is 123 Å². The van der Waals surface area contributed by atoms with Gasteiger partial charge >= 0.3 is 0 Å². The second kappa shape index (κ2) is 13.1. The number of hydrogen-bond acceptors (Lipinski definition) is 3. The molecule has 0 spiro atoms. The number of anilines is 3. The third kappa shape index (κ3) is 5.11. The molecule has 0 radical (unpaired) electrons. The minimum Gasteiger partial charge on any atom is -0.310 e. The molecule has 2 nitrogen and oxygen atoms in total. The molecule has 280 valence electrons. The topological polar surface area (TPSA) is 8.17 Å². The Kier molecular flexibility index (Phi) is 7.38. The maximum absolute atomic E-state index is 2.48. The molecule has 4 heteroatoms. The van der Waals surface area contributed by atoms with Crippen LogP contribution >= 0.6 is 22.7 Å². The third-order valence-corrected chi connectivity index (χ3v) is 14.7. The first-order valence-electron chi connectivity index (χ1n) is 20.4. The van der Waals surface area contributed by atoms with Crippen LogP contribution in [0.15, 0.2) is 206 Å². The van der Waals surface area contributed by atoms with Gasteiger partial charge in [-0.15, -0.1) is 22.7 Å². The second-order valence-corrected chi connectivity index (χ2v) is 17.8. The lowest BCUT2D eigenvalue weighted by Crippen LogP contribution is -2.10. The van der Waals surface area contributed by atoms with Crippen LogP contribution in [-0.4, -0.2) is 4.57 Å². The molecule has 0 atom stereocenters. The van der Waals surface area contributed by atoms with Crippen molar-refractivity contribution in [2.24, 2.45) is 0 Å².